The fourth-order valence-corrected chi connectivity index (χ4v) is 2.60. The quantitative estimate of drug-likeness (QED) is 0.837. The van der Waals surface area contributed by atoms with Crippen molar-refractivity contribution in [1.82, 2.24) is 14.9 Å². The lowest BCUT2D eigenvalue weighted by molar-refractivity contribution is -0.120. The first kappa shape index (κ1) is 16.8. The van der Waals surface area contributed by atoms with Crippen molar-refractivity contribution in [1.29, 1.82) is 0 Å². The zero-order valence-electron chi connectivity index (χ0n) is 14.0. The van der Waals surface area contributed by atoms with Crippen molar-refractivity contribution in [3.63, 3.8) is 0 Å². The highest BCUT2D eigenvalue weighted by Gasteiger charge is 2.30. The number of hydrogen-bond acceptors (Lipinski definition) is 5. The maximum absolute atomic E-state index is 12.9. The molecule has 2 amide bonds. The van der Waals surface area contributed by atoms with Gasteiger partial charge in [-0.2, -0.15) is 0 Å². The fraction of sp³-hybridized carbons (Fsp3) is 0.294. The first-order chi connectivity index (χ1) is 12.0. The van der Waals surface area contributed by atoms with E-state index in [2.05, 4.69) is 9.97 Å². The van der Waals surface area contributed by atoms with Crippen LogP contribution in [0.5, 0.6) is 0 Å². The first-order valence-electron chi connectivity index (χ1n) is 7.80. The van der Waals surface area contributed by atoms with Gasteiger partial charge < -0.3 is 9.80 Å². The Morgan fingerprint density at radius 3 is 2.56 bits per heavy atom. The second-order valence-corrected chi connectivity index (χ2v) is 5.92. The molecule has 3 rings (SSSR count). The normalized spacial score (nSPS) is 14.6. The molecule has 25 heavy (non-hydrogen) atoms. The van der Waals surface area contributed by atoms with E-state index < -0.39 is 5.82 Å². The van der Waals surface area contributed by atoms with E-state index in [1.54, 1.807) is 12.1 Å². The average Bonchev–Trinajstić information content (AvgIpc) is 2.62. The Morgan fingerprint density at radius 2 is 1.92 bits per heavy atom. The number of benzene rings is 1. The molecule has 2 aromatic rings. The number of anilines is 2. The summed E-state index contributed by atoms with van der Waals surface area (Å²) < 4.78 is 12.9. The minimum atomic E-state index is -0.564. The number of rotatable bonds is 3. The van der Waals surface area contributed by atoms with E-state index in [0.29, 0.717) is 12.1 Å². The van der Waals surface area contributed by atoms with Gasteiger partial charge >= 0.3 is 0 Å². The van der Waals surface area contributed by atoms with Gasteiger partial charge in [-0.15, -0.1) is 0 Å². The molecule has 8 heteroatoms. The second-order valence-electron chi connectivity index (χ2n) is 5.92. The van der Waals surface area contributed by atoms with Crippen LogP contribution in [0.2, 0.25) is 0 Å². The van der Waals surface area contributed by atoms with Crippen LogP contribution in [0.3, 0.4) is 0 Å². The molecule has 1 saturated heterocycles. The Balaban J connectivity index is 1.72. The Hall–Kier alpha value is -3.03. The Bertz CT molecular complexity index is 794. The number of carbonyl (C=O) groups excluding carboxylic acids is 2. The molecular weight excluding hydrogens is 325 g/mol. The van der Waals surface area contributed by atoms with E-state index >= 15 is 0 Å². The zero-order chi connectivity index (χ0) is 18.0. The third-order valence-electron chi connectivity index (χ3n) is 3.97. The van der Waals surface area contributed by atoms with Gasteiger partial charge in [0.2, 0.25) is 11.9 Å². The molecule has 1 fully saturated rings. The van der Waals surface area contributed by atoms with Crippen molar-refractivity contribution >= 4 is 23.5 Å². The monoisotopic (exact) mass is 343 g/mol. The lowest BCUT2D eigenvalue weighted by Gasteiger charge is -2.33. The molecule has 1 aliphatic heterocycles. The topological polar surface area (TPSA) is 69.6 Å². The lowest BCUT2D eigenvalue weighted by Crippen LogP contribution is -2.52. The smallest absolute Gasteiger partial charge is 0.254 e. The summed E-state index contributed by atoms with van der Waals surface area (Å²) in [6.07, 6.45) is 2.03. The molecule has 0 bridgehead atoms. The Morgan fingerprint density at radius 1 is 1.20 bits per heavy atom. The van der Waals surface area contributed by atoms with Crippen molar-refractivity contribution < 1.29 is 14.0 Å². The molecule has 0 saturated carbocycles. The predicted molar refractivity (Wildman–Crippen MR) is 91.0 cm³/mol. The third-order valence-corrected chi connectivity index (χ3v) is 3.97. The Labute approximate surface area is 144 Å². The number of nitrogens with zero attached hydrogens (tertiary/aromatic N) is 5. The Kier molecular flexibility index (Phi) is 4.60. The van der Waals surface area contributed by atoms with E-state index in [0.717, 1.165) is 18.1 Å². The summed E-state index contributed by atoms with van der Waals surface area (Å²) in [6.45, 7) is 0.562. The van der Waals surface area contributed by atoms with Gasteiger partial charge in [-0.1, -0.05) is 6.07 Å². The minimum Gasteiger partial charge on any atom is -0.378 e. The van der Waals surface area contributed by atoms with Crippen molar-refractivity contribution in [3.8, 4) is 0 Å². The van der Waals surface area contributed by atoms with Gasteiger partial charge in [0.15, 0.2) is 5.82 Å². The maximum Gasteiger partial charge on any atom is 0.254 e. The molecule has 2 heterocycles. The van der Waals surface area contributed by atoms with E-state index in [4.69, 9.17) is 0 Å². The van der Waals surface area contributed by atoms with E-state index in [1.165, 1.54) is 9.80 Å². The van der Waals surface area contributed by atoms with Gasteiger partial charge in [0.05, 0.1) is 12.4 Å². The molecule has 130 valence electrons. The fourth-order valence-electron chi connectivity index (χ4n) is 2.60. The highest BCUT2D eigenvalue weighted by molar-refractivity contribution is 6.01. The molecule has 0 spiro atoms. The second kappa shape index (κ2) is 6.84. The molecule has 1 aromatic carbocycles. The van der Waals surface area contributed by atoms with Crippen LogP contribution in [0.15, 0.2) is 36.7 Å². The van der Waals surface area contributed by atoms with Crippen LogP contribution in [0, 0.1) is 5.82 Å². The summed E-state index contributed by atoms with van der Waals surface area (Å²) in [7, 11) is 3.79. The summed E-state index contributed by atoms with van der Waals surface area (Å²) >= 11 is 0. The minimum absolute atomic E-state index is 0.0637. The molecule has 7 nitrogen and oxygen atoms in total. The molecule has 0 atom stereocenters. The largest absolute Gasteiger partial charge is 0.378 e. The van der Waals surface area contributed by atoms with Gasteiger partial charge in [-0.3, -0.25) is 14.5 Å². The van der Waals surface area contributed by atoms with E-state index in [-0.39, 0.29) is 30.9 Å². The SMILES string of the molecule is CN(C)c1cccc(C(=O)N2CCN(c3ncc(F)cn3)C(=O)C2)c1. The average molecular weight is 343 g/mol. The van der Waals surface area contributed by atoms with Crippen molar-refractivity contribution in [2.75, 3.05) is 43.5 Å². The van der Waals surface area contributed by atoms with Crippen LogP contribution in [0.4, 0.5) is 16.0 Å². The molecule has 1 aliphatic rings. The van der Waals surface area contributed by atoms with E-state index in [9.17, 15) is 14.0 Å². The van der Waals surface area contributed by atoms with Gasteiger partial charge in [0, 0.05) is 38.4 Å². The van der Waals surface area contributed by atoms with Gasteiger partial charge in [-0.25, -0.2) is 14.4 Å². The van der Waals surface area contributed by atoms with Crippen molar-refractivity contribution in [2.24, 2.45) is 0 Å². The van der Waals surface area contributed by atoms with Gasteiger partial charge in [0.1, 0.15) is 6.54 Å². The van der Waals surface area contributed by atoms with Crippen molar-refractivity contribution in [3.05, 3.63) is 48.0 Å². The van der Waals surface area contributed by atoms with Gasteiger partial charge in [-0.05, 0) is 18.2 Å². The van der Waals surface area contributed by atoms with Crippen molar-refractivity contribution in [2.45, 2.75) is 0 Å². The van der Waals surface area contributed by atoms with Crippen LogP contribution in [-0.4, -0.2) is 60.4 Å². The van der Waals surface area contributed by atoms with Crippen LogP contribution in [0.1, 0.15) is 10.4 Å². The summed E-state index contributed by atoms with van der Waals surface area (Å²) in [4.78, 5) is 37.4. The standard InChI is InChI=1S/C17H18FN5O2/c1-21(2)14-5-3-4-12(8-14)16(25)22-6-7-23(15(24)11-22)17-19-9-13(18)10-20-17/h3-5,8-10H,6-7,11H2,1-2H3. The molecular formula is C17H18FN5O2. The molecule has 0 unspecified atom stereocenters. The molecule has 0 N–H and O–H groups in total. The predicted octanol–water partition coefficient (Wildman–Crippen LogP) is 1.17. The highest BCUT2D eigenvalue weighted by Crippen LogP contribution is 2.17. The number of amides is 2. The summed E-state index contributed by atoms with van der Waals surface area (Å²) in [5.41, 5.74) is 1.45. The summed E-state index contributed by atoms with van der Waals surface area (Å²) in [5, 5.41) is 0. The van der Waals surface area contributed by atoms with Crippen LogP contribution < -0.4 is 9.80 Å². The number of hydrogen-bond donors (Lipinski definition) is 0. The third kappa shape index (κ3) is 3.57. The summed E-state index contributed by atoms with van der Waals surface area (Å²) in [6, 6.07) is 7.25. The van der Waals surface area contributed by atoms with Crippen LogP contribution >= 0.6 is 0 Å². The number of halogens is 1. The molecule has 0 aliphatic carbocycles. The maximum atomic E-state index is 12.9. The highest BCUT2D eigenvalue weighted by atomic mass is 19.1. The zero-order valence-corrected chi connectivity index (χ0v) is 14.0. The number of aromatic nitrogens is 2. The van der Waals surface area contributed by atoms with Crippen LogP contribution in [-0.2, 0) is 4.79 Å². The van der Waals surface area contributed by atoms with Crippen LogP contribution in [0.25, 0.3) is 0 Å². The lowest BCUT2D eigenvalue weighted by atomic mass is 10.1. The van der Waals surface area contributed by atoms with Gasteiger partial charge in [0.25, 0.3) is 5.91 Å². The molecule has 0 radical (unpaired) electrons. The molecule has 1 aromatic heterocycles. The van der Waals surface area contributed by atoms with E-state index in [1.807, 2.05) is 31.1 Å². The number of piperazine rings is 1. The number of carbonyl (C=O) groups is 2. The first-order valence-corrected chi connectivity index (χ1v) is 7.80. The summed E-state index contributed by atoms with van der Waals surface area (Å²) in [5.74, 6) is -0.911.